The number of halogens is 3. The molecule has 13 heavy (non-hydrogen) atoms. The Bertz CT molecular complexity index is 195. The summed E-state index contributed by atoms with van der Waals surface area (Å²) in [5.41, 5.74) is 0. The average molecular weight is 427 g/mol. The smallest absolute Gasteiger partial charge is 0.329 e. The Kier molecular flexibility index (Phi) is 6.69. The molecule has 0 aromatic heterocycles. The molecule has 0 radical (unpaired) electrons. The van der Waals surface area contributed by atoms with E-state index in [0.29, 0.717) is 0 Å². The van der Waals surface area contributed by atoms with Crippen LogP contribution in [0.15, 0.2) is 0 Å². The fraction of sp³-hybridized carbons (Fsp3) is 1.00. The van der Waals surface area contributed by atoms with Crippen molar-refractivity contribution in [2.24, 2.45) is 0 Å². The first-order valence-electron chi connectivity index (χ1n) is 2.51. The van der Waals surface area contributed by atoms with Gasteiger partial charge >= 0.3 is 14.2 Å². The summed E-state index contributed by atoms with van der Waals surface area (Å²) in [4.78, 5) is 16.8. The second-order valence-electron chi connectivity index (χ2n) is 1.64. The Morgan fingerprint density at radius 1 is 1.38 bits per heavy atom. The molecule has 11 heteroatoms. The van der Waals surface area contributed by atoms with E-state index in [0.717, 1.165) is 0 Å². The minimum atomic E-state index is -3.42. The van der Waals surface area contributed by atoms with E-state index in [1.165, 1.54) is 0 Å². The van der Waals surface area contributed by atoms with Gasteiger partial charge in [-0.1, -0.05) is 47.8 Å². The molecule has 6 nitrogen and oxygen atoms in total. The van der Waals surface area contributed by atoms with E-state index in [1.54, 1.807) is 0 Å². The summed E-state index contributed by atoms with van der Waals surface area (Å²) in [5.74, 6) is -2.50. The maximum absolute atomic E-state index is 10.3. The predicted molar refractivity (Wildman–Crippen MR) is 58.4 cm³/mol. The average Bonchev–Trinajstić information content (AvgIpc) is 1.82. The van der Waals surface area contributed by atoms with E-state index in [-0.39, 0.29) is 0 Å². The fourth-order valence-corrected chi connectivity index (χ4v) is 2.53. The summed E-state index contributed by atoms with van der Waals surface area (Å²) < 4.78 is 17.3. The second-order valence-corrected chi connectivity index (χ2v) is 9.52. The molecule has 3 unspecified atom stereocenters. The van der Waals surface area contributed by atoms with Crippen LogP contribution in [0.3, 0.4) is 0 Å². The van der Waals surface area contributed by atoms with Gasteiger partial charge in [0.25, 0.3) is 0 Å². The largest absolute Gasteiger partial charge is 0.352 e. The first-order chi connectivity index (χ1) is 5.73. The van der Waals surface area contributed by atoms with Gasteiger partial charge in [0.2, 0.25) is 2.14 Å². The van der Waals surface area contributed by atoms with Crippen molar-refractivity contribution >= 4 is 65.1 Å². The van der Waals surface area contributed by atoms with Gasteiger partial charge in [-0.05, 0) is 0 Å². The minimum absolute atomic E-state index is 1.12. The fourth-order valence-electron chi connectivity index (χ4n) is 0.317. The van der Waals surface area contributed by atoms with E-state index in [2.05, 4.69) is 56.8 Å². The van der Waals surface area contributed by atoms with Gasteiger partial charge in [-0.25, -0.2) is 4.52 Å². The molecular weight excluding hydrogens is 422 g/mol. The predicted octanol–water partition coefficient (Wildman–Crippen LogP) is 1.39. The molecule has 0 spiro atoms. The van der Waals surface area contributed by atoms with Crippen LogP contribution >= 0.6 is 65.1 Å². The Labute approximate surface area is 101 Å². The lowest BCUT2D eigenvalue weighted by Crippen LogP contribution is -2.43. The van der Waals surface area contributed by atoms with E-state index < -0.39 is 25.4 Å². The van der Waals surface area contributed by atoms with Crippen LogP contribution < -0.4 is 0 Å². The maximum Gasteiger partial charge on any atom is 0.329 e. The van der Waals surface area contributed by atoms with Gasteiger partial charge in [-0.15, -0.1) is 0 Å². The van der Waals surface area contributed by atoms with Gasteiger partial charge in [0.15, 0.2) is 9.03 Å². The van der Waals surface area contributed by atoms with Gasteiger partial charge in [-0.3, -0.25) is 9.09 Å². The second kappa shape index (κ2) is 5.84. The van der Waals surface area contributed by atoms with Crippen LogP contribution in [0.5, 0.6) is 0 Å². The monoisotopic (exact) mass is 424 g/mol. The SMILES string of the molecule is O=[PH](O)OC(O)(OPO)C(Br)(Br)Br. The first kappa shape index (κ1) is 14.9. The van der Waals surface area contributed by atoms with Crippen LogP contribution in [-0.2, 0) is 13.6 Å². The summed E-state index contributed by atoms with van der Waals surface area (Å²) >= 11 is 8.47. The zero-order chi connectivity index (χ0) is 10.7. The van der Waals surface area contributed by atoms with Crippen LogP contribution in [0.25, 0.3) is 0 Å². The molecule has 3 atom stereocenters. The third kappa shape index (κ3) is 4.97. The highest BCUT2D eigenvalue weighted by Crippen LogP contribution is 2.50. The van der Waals surface area contributed by atoms with Crippen LogP contribution in [0.2, 0.25) is 0 Å². The Morgan fingerprint density at radius 3 is 2.08 bits per heavy atom. The molecule has 0 aromatic carbocycles. The highest BCUT2D eigenvalue weighted by atomic mass is 80.0. The summed E-state index contributed by atoms with van der Waals surface area (Å²) in [5, 5.41) is 9.45. The molecule has 3 N–H and O–H groups in total. The third-order valence-corrected chi connectivity index (χ3v) is 3.09. The molecule has 0 aliphatic rings. The van der Waals surface area contributed by atoms with Crippen molar-refractivity contribution in [2.45, 2.75) is 8.12 Å². The summed E-state index contributed by atoms with van der Waals surface area (Å²) in [6, 6.07) is 0. The molecule has 0 bridgehead atoms. The molecule has 80 valence electrons. The normalized spacial score (nSPS) is 20.5. The lowest BCUT2D eigenvalue weighted by Gasteiger charge is -2.31. The lowest BCUT2D eigenvalue weighted by atomic mass is 10.7. The van der Waals surface area contributed by atoms with Gasteiger partial charge < -0.3 is 14.9 Å². The summed E-state index contributed by atoms with van der Waals surface area (Å²) in [7, 11) is -4.53. The first-order valence-corrected chi connectivity index (χ1v) is 7.01. The summed E-state index contributed by atoms with van der Waals surface area (Å²) in [6.45, 7) is 0. The van der Waals surface area contributed by atoms with Gasteiger partial charge in [0.05, 0.1) is 0 Å². The van der Waals surface area contributed by atoms with Crippen LogP contribution in [0, 0.1) is 0 Å². The van der Waals surface area contributed by atoms with Crippen molar-refractivity contribution in [3.8, 4) is 0 Å². The van der Waals surface area contributed by atoms with Crippen molar-refractivity contribution in [3.63, 3.8) is 0 Å². The van der Waals surface area contributed by atoms with E-state index in [4.69, 9.17) is 9.79 Å². The molecule has 0 aliphatic carbocycles. The molecule has 0 saturated carbocycles. The number of rotatable bonds is 4. The number of hydrogen-bond donors (Lipinski definition) is 3. The van der Waals surface area contributed by atoms with Crippen molar-refractivity contribution in [2.75, 3.05) is 0 Å². The highest BCUT2D eigenvalue weighted by Gasteiger charge is 2.50. The van der Waals surface area contributed by atoms with Crippen molar-refractivity contribution in [1.82, 2.24) is 0 Å². The topological polar surface area (TPSA) is 96.2 Å². The zero-order valence-corrected chi connectivity index (χ0v) is 12.5. The van der Waals surface area contributed by atoms with Crippen LogP contribution in [-0.4, -0.2) is 23.0 Å². The molecule has 0 aliphatic heterocycles. The van der Waals surface area contributed by atoms with Crippen molar-refractivity contribution in [1.29, 1.82) is 0 Å². The molecule has 0 rings (SSSR count). The van der Waals surface area contributed by atoms with E-state index in [9.17, 15) is 9.67 Å². The van der Waals surface area contributed by atoms with E-state index >= 15 is 0 Å². The number of aliphatic hydroxyl groups is 1. The van der Waals surface area contributed by atoms with Crippen LogP contribution in [0.4, 0.5) is 0 Å². The molecular formula is C2H5Br3O6P2. The number of hydrogen-bond acceptors (Lipinski definition) is 5. The standard InChI is InChI=1S/C2H5Br3O6P2/c3-1(4,5)2(6,10-12-7)11-13(8)9/h6-7,12-13H,(H,8,9). The summed E-state index contributed by atoms with van der Waals surface area (Å²) in [6.07, 6.45) is 0. The van der Waals surface area contributed by atoms with E-state index in [1.807, 2.05) is 0 Å². The maximum atomic E-state index is 10.3. The van der Waals surface area contributed by atoms with Gasteiger partial charge in [-0.2, -0.15) is 0 Å². The quantitative estimate of drug-likeness (QED) is 0.357. The highest BCUT2D eigenvalue weighted by molar-refractivity contribution is 9.39. The molecule has 0 aromatic rings. The Balaban J connectivity index is 4.62. The van der Waals surface area contributed by atoms with Crippen molar-refractivity contribution < 1.29 is 28.5 Å². The zero-order valence-electron chi connectivity index (χ0n) is 5.70. The van der Waals surface area contributed by atoms with Crippen LogP contribution in [0.1, 0.15) is 0 Å². The number of alkyl halides is 3. The molecule has 0 heterocycles. The van der Waals surface area contributed by atoms with Gasteiger partial charge in [0.1, 0.15) is 0 Å². The molecule has 0 saturated heterocycles. The third-order valence-electron chi connectivity index (χ3n) is 0.768. The molecule has 0 fully saturated rings. The van der Waals surface area contributed by atoms with Gasteiger partial charge in [0, 0.05) is 0 Å². The lowest BCUT2D eigenvalue weighted by molar-refractivity contribution is -0.259. The Hall–Kier alpha value is 1.90. The van der Waals surface area contributed by atoms with Crippen molar-refractivity contribution in [3.05, 3.63) is 0 Å². The molecule has 0 amide bonds. The minimum Gasteiger partial charge on any atom is -0.352 e. The Morgan fingerprint density at radius 2 is 1.85 bits per heavy atom.